The number of phenols is 1. The molecule has 8 nitrogen and oxygen atoms in total. The van der Waals surface area contributed by atoms with Crippen LogP contribution in [0.1, 0.15) is 23.3 Å². The molecule has 1 atom stereocenters. The van der Waals surface area contributed by atoms with Crippen molar-refractivity contribution in [2.24, 2.45) is 0 Å². The Balaban J connectivity index is 2.20. The summed E-state index contributed by atoms with van der Waals surface area (Å²) in [4.78, 5) is 26.6. The lowest BCUT2D eigenvalue weighted by Gasteiger charge is -2.13. The van der Waals surface area contributed by atoms with E-state index >= 15 is 0 Å². The molecule has 0 aliphatic heterocycles. The summed E-state index contributed by atoms with van der Waals surface area (Å²) in [6, 6.07) is 3.44. The van der Waals surface area contributed by atoms with Crippen molar-refractivity contribution in [1.29, 1.82) is 0 Å². The molecule has 1 heterocycles. The summed E-state index contributed by atoms with van der Waals surface area (Å²) in [6.07, 6.45) is 2.68. The number of amides is 1. The zero-order valence-corrected chi connectivity index (χ0v) is 10.5. The first-order valence-electron chi connectivity index (χ1n) is 5.71. The van der Waals surface area contributed by atoms with Gasteiger partial charge in [0.25, 0.3) is 0 Å². The quantitative estimate of drug-likeness (QED) is 0.713. The SMILES string of the molecule is CC(C(=O)Nc1cccc(C(=O)O)c1O)n1cncn1. The number of nitrogens with zero attached hydrogens (tertiary/aromatic N) is 3. The third kappa shape index (κ3) is 2.58. The van der Waals surface area contributed by atoms with Gasteiger partial charge in [0.05, 0.1) is 5.69 Å². The van der Waals surface area contributed by atoms with E-state index in [-0.39, 0.29) is 11.3 Å². The number of carboxylic acid groups (broad SMARTS) is 1. The van der Waals surface area contributed by atoms with E-state index in [1.807, 2.05) is 0 Å². The minimum atomic E-state index is -1.28. The summed E-state index contributed by atoms with van der Waals surface area (Å²) in [5, 5.41) is 25.0. The Morgan fingerprint density at radius 1 is 1.40 bits per heavy atom. The van der Waals surface area contributed by atoms with Crippen LogP contribution < -0.4 is 5.32 Å². The largest absolute Gasteiger partial charge is 0.505 e. The maximum Gasteiger partial charge on any atom is 0.339 e. The van der Waals surface area contributed by atoms with E-state index in [1.165, 1.54) is 35.5 Å². The van der Waals surface area contributed by atoms with Gasteiger partial charge in [-0.05, 0) is 19.1 Å². The monoisotopic (exact) mass is 276 g/mol. The second-order valence-corrected chi connectivity index (χ2v) is 4.05. The Labute approximate surface area is 113 Å². The van der Waals surface area contributed by atoms with E-state index in [1.54, 1.807) is 6.92 Å². The lowest BCUT2D eigenvalue weighted by atomic mass is 10.1. The van der Waals surface area contributed by atoms with Crippen LogP contribution in [0.15, 0.2) is 30.9 Å². The molecule has 0 aliphatic carbocycles. The molecule has 8 heteroatoms. The smallest absolute Gasteiger partial charge is 0.339 e. The van der Waals surface area contributed by atoms with Gasteiger partial charge in [-0.2, -0.15) is 5.10 Å². The van der Waals surface area contributed by atoms with Gasteiger partial charge in [0, 0.05) is 0 Å². The number of aromatic nitrogens is 3. The summed E-state index contributed by atoms with van der Waals surface area (Å²) < 4.78 is 1.34. The highest BCUT2D eigenvalue weighted by Gasteiger charge is 2.19. The third-order valence-corrected chi connectivity index (χ3v) is 2.74. The summed E-state index contributed by atoms with van der Waals surface area (Å²) in [5.41, 5.74) is -0.252. The third-order valence-electron chi connectivity index (χ3n) is 2.74. The first-order valence-corrected chi connectivity index (χ1v) is 5.71. The molecule has 1 amide bonds. The molecule has 20 heavy (non-hydrogen) atoms. The number of carbonyl (C=O) groups is 2. The van der Waals surface area contributed by atoms with Crippen LogP contribution in [0, 0.1) is 0 Å². The van der Waals surface area contributed by atoms with Crippen LogP contribution >= 0.6 is 0 Å². The molecule has 0 radical (unpaired) electrons. The molecule has 3 N–H and O–H groups in total. The number of benzene rings is 1. The second kappa shape index (κ2) is 5.39. The first kappa shape index (κ1) is 13.5. The first-order chi connectivity index (χ1) is 9.50. The maximum atomic E-state index is 12.0. The lowest BCUT2D eigenvalue weighted by Crippen LogP contribution is -2.24. The number of anilines is 1. The van der Waals surface area contributed by atoms with Gasteiger partial charge in [-0.15, -0.1) is 0 Å². The normalized spacial score (nSPS) is 11.8. The Bertz CT molecular complexity index is 639. The lowest BCUT2D eigenvalue weighted by molar-refractivity contribution is -0.119. The predicted molar refractivity (Wildman–Crippen MR) is 68.4 cm³/mol. The highest BCUT2D eigenvalue weighted by molar-refractivity contribution is 5.98. The minimum absolute atomic E-state index is 0.0295. The summed E-state index contributed by atoms with van der Waals surface area (Å²) in [5.74, 6) is -2.21. The van der Waals surface area contributed by atoms with Gasteiger partial charge in [0.1, 0.15) is 24.3 Å². The number of rotatable bonds is 4. The maximum absolute atomic E-state index is 12.0. The molecule has 2 aromatic rings. The van der Waals surface area contributed by atoms with Crippen LogP contribution in [0.2, 0.25) is 0 Å². The Morgan fingerprint density at radius 2 is 2.15 bits per heavy atom. The summed E-state index contributed by atoms with van der Waals surface area (Å²) >= 11 is 0. The molecule has 0 saturated heterocycles. The molecule has 1 unspecified atom stereocenters. The summed E-state index contributed by atoms with van der Waals surface area (Å²) in [6.45, 7) is 1.60. The topological polar surface area (TPSA) is 117 Å². The number of aromatic hydroxyl groups is 1. The molecular weight excluding hydrogens is 264 g/mol. The number of hydrogen-bond acceptors (Lipinski definition) is 5. The van der Waals surface area contributed by atoms with Crippen LogP contribution in [-0.2, 0) is 4.79 Å². The number of carbonyl (C=O) groups excluding carboxylic acids is 1. The van der Waals surface area contributed by atoms with Crippen molar-refractivity contribution in [2.75, 3.05) is 5.32 Å². The van der Waals surface area contributed by atoms with Gasteiger partial charge in [-0.3, -0.25) is 4.79 Å². The second-order valence-electron chi connectivity index (χ2n) is 4.05. The number of carboxylic acids is 1. The standard InChI is InChI=1S/C12H12N4O4/c1-7(16-6-13-5-14-16)11(18)15-9-4-2-3-8(10(9)17)12(19)20/h2-7,17H,1H3,(H,15,18)(H,19,20). The minimum Gasteiger partial charge on any atom is -0.505 e. The fourth-order valence-electron chi connectivity index (χ4n) is 1.59. The van der Waals surface area contributed by atoms with Crippen molar-refractivity contribution in [2.45, 2.75) is 13.0 Å². The van der Waals surface area contributed by atoms with Crippen LogP contribution in [0.3, 0.4) is 0 Å². The van der Waals surface area contributed by atoms with Crippen molar-refractivity contribution in [1.82, 2.24) is 14.8 Å². The van der Waals surface area contributed by atoms with Gasteiger partial charge in [0.2, 0.25) is 5.91 Å². The Kier molecular flexibility index (Phi) is 3.65. The van der Waals surface area contributed by atoms with Crippen LogP contribution in [-0.4, -0.2) is 36.9 Å². The molecule has 0 bridgehead atoms. The highest BCUT2D eigenvalue weighted by Crippen LogP contribution is 2.28. The molecule has 0 fully saturated rings. The van der Waals surface area contributed by atoms with Crippen molar-refractivity contribution in [3.63, 3.8) is 0 Å². The molecule has 2 rings (SSSR count). The fourth-order valence-corrected chi connectivity index (χ4v) is 1.59. The van der Waals surface area contributed by atoms with Gasteiger partial charge in [-0.1, -0.05) is 6.07 Å². The number of para-hydroxylation sites is 1. The molecular formula is C12H12N4O4. The highest BCUT2D eigenvalue weighted by atomic mass is 16.4. The van der Waals surface area contributed by atoms with Crippen LogP contribution in [0.25, 0.3) is 0 Å². The van der Waals surface area contributed by atoms with E-state index in [0.29, 0.717) is 0 Å². The van der Waals surface area contributed by atoms with E-state index in [4.69, 9.17) is 5.11 Å². The van der Waals surface area contributed by atoms with Crippen LogP contribution in [0.4, 0.5) is 5.69 Å². The Morgan fingerprint density at radius 3 is 2.75 bits per heavy atom. The fraction of sp³-hybridized carbons (Fsp3) is 0.167. The molecule has 104 valence electrons. The van der Waals surface area contributed by atoms with Gasteiger partial charge < -0.3 is 15.5 Å². The Hall–Kier alpha value is -2.90. The predicted octanol–water partition coefficient (Wildman–Crippen LogP) is 0.882. The number of nitrogens with one attached hydrogen (secondary N) is 1. The van der Waals surface area contributed by atoms with Gasteiger partial charge in [-0.25, -0.2) is 14.5 Å². The average Bonchev–Trinajstić information content (AvgIpc) is 2.93. The summed E-state index contributed by atoms with van der Waals surface area (Å²) in [7, 11) is 0. The van der Waals surface area contributed by atoms with Crippen molar-refractivity contribution < 1.29 is 19.8 Å². The molecule has 1 aromatic carbocycles. The molecule has 0 saturated carbocycles. The van der Waals surface area contributed by atoms with Crippen LogP contribution in [0.5, 0.6) is 5.75 Å². The van der Waals surface area contributed by atoms with Gasteiger partial charge in [0.15, 0.2) is 5.75 Å². The van der Waals surface area contributed by atoms with Crippen molar-refractivity contribution in [3.8, 4) is 5.75 Å². The van der Waals surface area contributed by atoms with Crippen molar-refractivity contribution in [3.05, 3.63) is 36.4 Å². The molecule has 0 spiro atoms. The van der Waals surface area contributed by atoms with E-state index in [9.17, 15) is 14.7 Å². The van der Waals surface area contributed by atoms with Gasteiger partial charge >= 0.3 is 5.97 Å². The van der Waals surface area contributed by atoms with Crippen molar-refractivity contribution >= 4 is 17.6 Å². The number of hydrogen-bond donors (Lipinski definition) is 3. The average molecular weight is 276 g/mol. The number of aromatic carboxylic acids is 1. The molecule has 1 aromatic heterocycles. The molecule has 0 aliphatic rings. The van der Waals surface area contributed by atoms with E-state index < -0.39 is 23.7 Å². The van der Waals surface area contributed by atoms with E-state index in [0.717, 1.165) is 0 Å². The zero-order chi connectivity index (χ0) is 14.7. The van der Waals surface area contributed by atoms with E-state index in [2.05, 4.69) is 15.4 Å². The zero-order valence-electron chi connectivity index (χ0n) is 10.5.